The molecule has 39 heavy (non-hydrogen) atoms. The van der Waals surface area contributed by atoms with Crippen LogP contribution in [-0.2, 0) is 10.8 Å². The molecule has 2 aromatic heterocycles. The third kappa shape index (κ3) is 5.31. The Hall–Kier alpha value is -2.54. The van der Waals surface area contributed by atoms with Crippen LogP contribution in [0.5, 0.6) is 0 Å². The van der Waals surface area contributed by atoms with Crippen LogP contribution >= 0.6 is 11.6 Å². The fourth-order valence-corrected chi connectivity index (χ4v) is 7.50. The number of nitrogens with zero attached hydrogens (tertiary/aromatic N) is 3. The van der Waals surface area contributed by atoms with Gasteiger partial charge in [-0.25, -0.2) is 4.98 Å². The molecular weight excluding hydrogens is 522 g/mol. The summed E-state index contributed by atoms with van der Waals surface area (Å²) in [5.74, 6) is 0.0932. The van der Waals surface area contributed by atoms with Gasteiger partial charge in [0, 0.05) is 28.9 Å². The summed E-state index contributed by atoms with van der Waals surface area (Å²) in [5, 5.41) is 1.66. The lowest BCUT2D eigenvalue weighted by Gasteiger charge is -2.46. The third-order valence-corrected chi connectivity index (χ3v) is 13.7. The van der Waals surface area contributed by atoms with Crippen LogP contribution in [0, 0.1) is 0 Å². The second kappa shape index (κ2) is 10.8. The van der Waals surface area contributed by atoms with E-state index in [9.17, 15) is 4.79 Å². The van der Waals surface area contributed by atoms with E-state index in [4.69, 9.17) is 21.0 Å². The topological polar surface area (TPSA) is 55.3 Å². The minimum Gasteiger partial charge on any atom is -0.412 e. The van der Waals surface area contributed by atoms with E-state index in [0.717, 1.165) is 58.8 Å². The number of carbonyl (C=O) groups excluding carboxylic acids is 1. The Balaban J connectivity index is 1.58. The Kier molecular flexibility index (Phi) is 7.75. The van der Waals surface area contributed by atoms with Gasteiger partial charge in [-0.15, -0.1) is 6.58 Å². The molecule has 1 unspecified atom stereocenters. The maximum Gasteiger partial charge on any atom is 0.255 e. The van der Waals surface area contributed by atoms with Gasteiger partial charge in [0.25, 0.3) is 5.91 Å². The fraction of sp³-hybridized carbons (Fsp3) is 0.469. The lowest BCUT2D eigenvalue weighted by atomic mass is 9.89. The van der Waals surface area contributed by atoms with Gasteiger partial charge in [-0.1, -0.05) is 63.4 Å². The minimum absolute atomic E-state index is 0.0420. The highest BCUT2D eigenvalue weighted by Crippen LogP contribution is 2.46. The normalized spacial score (nSPS) is 21.8. The smallest absolute Gasteiger partial charge is 0.255 e. The first kappa shape index (κ1) is 28.0. The molecule has 0 radical (unpaired) electrons. The second-order valence-electron chi connectivity index (χ2n) is 12.6. The molecule has 1 saturated carbocycles. The van der Waals surface area contributed by atoms with Crippen molar-refractivity contribution >= 4 is 36.7 Å². The molecule has 3 atom stereocenters. The van der Waals surface area contributed by atoms with Crippen LogP contribution in [0.2, 0.25) is 23.3 Å². The highest BCUT2D eigenvalue weighted by molar-refractivity contribution is 6.74. The molecule has 5 nitrogen and oxygen atoms in total. The Labute approximate surface area is 238 Å². The first-order valence-electron chi connectivity index (χ1n) is 14.1. The molecule has 1 aromatic carbocycles. The summed E-state index contributed by atoms with van der Waals surface area (Å²) in [6.45, 7) is 15.5. The molecule has 2 aliphatic rings. The lowest BCUT2D eigenvalue weighted by molar-refractivity contribution is 0.0128. The molecule has 1 aliphatic heterocycles. The van der Waals surface area contributed by atoms with Gasteiger partial charge in [-0.05, 0) is 73.1 Å². The number of halogens is 1. The summed E-state index contributed by atoms with van der Waals surface area (Å²) < 4.78 is 7.03. The van der Waals surface area contributed by atoms with Crippen LogP contribution < -0.4 is 0 Å². The van der Waals surface area contributed by atoms with Gasteiger partial charge in [0.15, 0.2) is 8.32 Å². The molecule has 3 heterocycles. The van der Waals surface area contributed by atoms with Gasteiger partial charge in [0.05, 0.1) is 23.7 Å². The van der Waals surface area contributed by atoms with Crippen LogP contribution in [0.3, 0.4) is 0 Å². The number of rotatable bonds is 7. The van der Waals surface area contributed by atoms with Crippen LogP contribution in [0.1, 0.15) is 86.0 Å². The van der Waals surface area contributed by atoms with Crippen molar-refractivity contribution in [2.45, 2.75) is 95.6 Å². The molecular formula is C32H40ClN3O2Si. The molecule has 0 saturated heterocycles. The van der Waals surface area contributed by atoms with E-state index in [0.29, 0.717) is 18.0 Å². The predicted octanol–water partition coefficient (Wildman–Crippen LogP) is 8.28. The van der Waals surface area contributed by atoms with Crippen LogP contribution in [-0.4, -0.2) is 41.2 Å². The highest BCUT2D eigenvalue weighted by Gasteiger charge is 2.48. The molecule has 1 aliphatic carbocycles. The molecule has 3 aromatic rings. The summed E-state index contributed by atoms with van der Waals surface area (Å²) in [4.78, 5) is 25.6. The predicted molar refractivity (Wildman–Crippen MR) is 162 cm³/mol. The van der Waals surface area contributed by atoms with Crippen molar-refractivity contribution in [2.75, 3.05) is 0 Å². The van der Waals surface area contributed by atoms with Gasteiger partial charge in [-0.3, -0.25) is 9.78 Å². The van der Waals surface area contributed by atoms with E-state index in [2.05, 4.69) is 62.5 Å². The molecule has 7 heteroatoms. The fourth-order valence-electron chi connectivity index (χ4n) is 6.01. The summed E-state index contributed by atoms with van der Waals surface area (Å²) >= 11 is 6.03. The number of pyridine rings is 2. The summed E-state index contributed by atoms with van der Waals surface area (Å²) in [7, 11) is -2.01. The molecule has 1 fully saturated rings. The van der Waals surface area contributed by atoms with E-state index in [1.165, 1.54) is 0 Å². The number of fused-ring (bicyclic) bond motifs is 3. The lowest BCUT2D eigenvalue weighted by Crippen LogP contribution is -2.53. The average molecular weight is 562 g/mol. The van der Waals surface area contributed by atoms with Gasteiger partial charge in [0.2, 0.25) is 0 Å². The molecule has 206 valence electrons. The maximum atomic E-state index is 14.4. The Bertz CT molecular complexity index is 1380. The summed E-state index contributed by atoms with van der Waals surface area (Å²) in [6.07, 6.45) is 11.2. The monoisotopic (exact) mass is 561 g/mol. The van der Waals surface area contributed by atoms with Crippen molar-refractivity contribution in [1.82, 2.24) is 14.9 Å². The quantitative estimate of drug-likeness (QED) is 0.165. The van der Waals surface area contributed by atoms with Crippen molar-refractivity contribution < 1.29 is 9.22 Å². The Morgan fingerprint density at radius 3 is 2.64 bits per heavy atom. The zero-order valence-electron chi connectivity index (χ0n) is 23.8. The van der Waals surface area contributed by atoms with E-state index < -0.39 is 8.32 Å². The Morgan fingerprint density at radius 2 is 1.95 bits per heavy atom. The Morgan fingerprint density at radius 1 is 1.18 bits per heavy atom. The van der Waals surface area contributed by atoms with Gasteiger partial charge in [0.1, 0.15) is 5.15 Å². The van der Waals surface area contributed by atoms with Crippen molar-refractivity contribution in [3.05, 3.63) is 82.8 Å². The molecule has 1 amide bonds. The number of benzene rings is 1. The molecule has 0 bridgehead atoms. The van der Waals surface area contributed by atoms with E-state index >= 15 is 0 Å². The molecule has 5 rings (SSSR count). The van der Waals surface area contributed by atoms with Crippen molar-refractivity contribution in [3.63, 3.8) is 0 Å². The maximum absolute atomic E-state index is 14.4. The van der Waals surface area contributed by atoms with Gasteiger partial charge >= 0.3 is 0 Å². The van der Waals surface area contributed by atoms with Gasteiger partial charge < -0.3 is 9.33 Å². The van der Waals surface area contributed by atoms with E-state index in [1.54, 1.807) is 6.20 Å². The zero-order chi connectivity index (χ0) is 27.9. The highest BCUT2D eigenvalue weighted by atomic mass is 35.5. The largest absolute Gasteiger partial charge is 0.412 e. The summed E-state index contributed by atoms with van der Waals surface area (Å²) in [6, 6.07) is 9.93. The first-order valence-corrected chi connectivity index (χ1v) is 17.4. The van der Waals surface area contributed by atoms with E-state index in [1.807, 2.05) is 30.5 Å². The summed E-state index contributed by atoms with van der Waals surface area (Å²) in [5.41, 5.74) is 4.83. The number of hydrogen-bond acceptors (Lipinski definition) is 4. The first-order chi connectivity index (χ1) is 18.5. The zero-order valence-corrected chi connectivity index (χ0v) is 25.6. The van der Waals surface area contributed by atoms with Crippen molar-refractivity contribution in [1.29, 1.82) is 0 Å². The number of aromatic nitrogens is 2. The van der Waals surface area contributed by atoms with Crippen LogP contribution in [0.25, 0.3) is 10.9 Å². The van der Waals surface area contributed by atoms with Crippen molar-refractivity contribution in [3.8, 4) is 0 Å². The molecule has 0 N–H and O–H groups in total. The minimum atomic E-state index is -2.01. The molecule has 0 spiro atoms. The van der Waals surface area contributed by atoms with Crippen LogP contribution in [0.15, 0.2) is 55.4 Å². The average Bonchev–Trinajstić information content (AvgIpc) is 3.16. The van der Waals surface area contributed by atoms with E-state index in [-0.39, 0.29) is 29.1 Å². The number of amides is 1. The van der Waals surface area contributed by atoms with Gasteiger partial charge in [-0.2, -0.15) is 0 Å². The third-order valence-electron chi connectivity index (χ3n) is 9.00. The standard InChI is InChI=1S/C32H40ClN3O2Si/c1-7-11-26-29-24(19-22(23-12-10-17-34-30(23)29)18-21-15-16-28(33)35-20-21)31(37)36(26)25-13-8-9-14-27(25)38-39(5,6)32(2,3)4/h7,10,12,15-17,19-20,25-27H,1,8-9,11,13-14,18H2,2-6H3/t25-,26?,27-/m0/s1. The van der Waals surface area contributed by atoms with Crippen molar-refractivity contribution in [2.24, 2.45) is 0 Å². The SMILES string of the molecule is C=CCC1c2c(cc(Cc3ccc(Cl)nc3)c3cccnc23)C(=O)N1[C@H]1CCCC[C@@H]1O[Si](C)(C)C(C)(C)C. The second-order valence-corrected chi connectivity index (χ2v) is 17.7. The number of hydrogen-bond donors (Lipinski definition) is 0. The number of carbonyl (C=O) groups is 1. The van der Waals surface area contributed by atoms with Crippen LogP contribution in [0.4, 0.5) is 0 Å².